The van der Waals surface area contributed by atoms with Crippen LogP contribution >= 0.6 is 0 Å². The van der Waals surface area contributed by atoms with E-state index in [0.29, 0.717) is 26.1 Å². The average molecular weight is 338 g/mol. The van der Waals surface area contributed by atoms with Gasteiger partial charge >= 0.3 is 0 Å². The molecular formula is C18H27FN2O3. The third-order valence-electron chi connectivity index (χ3n) is 4.60. The van der Waals surface area contributed by atoms with Gasteiger partial charge in [-0.15, -0.1) is 0 Å². The van der Waals surface area contributed by atoms with Crippen LogP contribution in [-0.2, 0) is 9.53 Å². The molecule has 1 fully saturated rings. The maximum Gasteiger partial charge on any atom is 0.222 e. The zero-order chi connectivity index (χ0) is 17.5. The number of halogens is 1. The Labute approximate surface area is 142 Å². The summed E-state index contributed by atoms with van der Waals surface area (Å²) in [5.41, 5.74) is 7.14. The number of methoxy groups -OCH3 is 2. The van der Waals surface area contributed by atoms with E-state index in [1.165, 1.54) is 13.2 Å². The van der Waals surface area contributed by atoms with E-state index in [0.717, 1.165) is 24.8 Å². The molecule has 0 aromatic heterocycles. The van der Waals surface area contributed by atoms with Gasteiger partial charge in [-0.3, -0.25) is 4.79 Å². The van der Waals surface area contributed by atoms with Gasteiger partial charge in [0.25, 0.3) is 0 Å². The minimum atomic E-state index is -0.376. The number of amides is 1. The third-order valence-corrected chi connectivity index (χ3v) is 4.60. The summed E-state index contributed by atoms with van der Waals surface area (Å²) < 4.78 is 23.8. The van der Waals surface area contributed by atoms with Gasteiger partial charge in [-0.1, -0.05) is 6.07 Å². The molecule has 2 atom stereocenters. The van der Waals surface area contributed by atoms with Gasteiger partial charge in [0, 0.05) is 45.2 Å². The van der Waals surface area contributed by atoms with Crippen LogP contribution in [0.1, 0.15) is 37.2 Å². The second kappa shape index (κ2) is 8.99. The Kier molecular flexibility index (Phi) is 6.99. The van der Waals surface area contributed by atoms with Crippen molar-refractivity contribution in [2.75, 3.05) is 33.9 Å². The van der Waals surface area contributed by atoms with Crippen molar-refractivity contribution in [2.24, 2.45) is 5.73 Å². The molecule has 1 aliphatic heterocycles. The van der Waals surface area contributed by atoms with Crippen LogP contribution in [0, 0.1) is 5.82 Å². The molecule has 24 heavy (non-hydrogen) atoms. The van der Waals surface area contributed by atoms with Gasteiger partial charge in [-0.05, 0) is 37.0 Å². The van der Waals surface area contributed by atoms with E-state index < -0.39 is 0 Å². The summed E-state index contributed by atoms with van der Waals surface area (Å²) in [5.74, 6) is 0.0544. The highest BCUT2D eigenvalue weighted by molar-refractivity contribution is 5.76. The Balaban J connectivity index is 1.90. The Bertz CT molecular complexity index is 553. The SMILES string of the molecule is COCCCCC(=O)N1CC[C@@H](c2ccc(OC)c(F)c2)[C@@H](N)C1. The van der Waals surface area contributed by atoms with Crippen LogP contribution < -0.4 is 10.5 Å². The number of hydrogen-bond acceptors (Lipinski definition) is 4. The molecular weight excluding hydrogens is 311 g/mol. The molecule has 5 nitrogen and oxygen atoms in total. The summed E-state index contributed by atoms with van der Waals surface area (Å²) in [7, 11) is 3.11. The highest BCUT2D eigenvalue weighted by Gasteiger charge is 2.30. The van der Waals surface area contributed by atoms with Crippen LogP contribution in [0.25, 0.3) is 0 Å². The molecule has 1 aliphatic rings. The molecule has 0 unspecified atom stereocenters. The monoisotopic (exact) mass is 338 g/mol. The largest absolute Gasteiger partial charge is 0.494 e. The van der Waals surface area contributed by atoms with Gasteiger partial charge in [0.05, 0.1) is 7.11 Å². The molecule has 2 rings (SSSR count). The number of benzene rings is 1. The maximum atomic E-state index is 13.9. The lowest BCUT2D eigenvalue weighted by molar-refractivity contribution is -0.132. The lowest BCUT2D eigenvalue weighted by Gasteiger charge is -2.37. The van der Waals surface area contributed by atoms with Gasteiger partial charge in [-0.25, -0.2) is 4.39 Å². The summed E-state index contributed by atoms with van der Waals surface area (Å²) >= 11 is 0. The number of likely N-dealkylation sites (tertiary alicyclic amines) is 1. The van der Waals surface area contributed by atoms with E-state index in [-0.39, 0.29) is 29.4 Å². The van der Waals surface area contributed by atoms with Crippen molar-refractivity contribution in [3.63, 3.8) is 0 Å². The van der Waals surface area contributed by atoms with Crippen molar-refractivity contribution in [1.82, 2.24) is 4.90 Å². The average Bonchev–Trinajstić information content (AvgIpc) is 2.58. The molecule has 1 saturated heterocycles. The van der Waals surface area contributed by atoms with Crippen LogP contribution in [-0.4, -0.2) is 50.8 Å². The predicted molar refractivity (Wildman–Crippen MR) is 90.6 cm³/mol. The third kappa shape index (κ3) is 4.68. The molecule has 0 radical (unpaired) electrons. The molecule has 1 aromatic rings. The van der Waals surface area contributed by atoms with E-state index in [4.69, 9.17) is 15.2 Å². The second-order valence-electron chi connectivity index (χ2n) is 6.24. The molecule has 0 aliphatic carbocycles. The van der Waals surface area contributed by atoms with Crippen molar-refractivity contribution in [2.45, 2.75) is 37.6 Å². The van der Waals surface area contributed by atoms with Crippen molar-refractivity contribution < 1.29 is 18.7 Å². The summed E-state index contributed by atoms with van der Waals surface area (Å²) in [6, 6.07) is 4.79. The van der Waals surface area contributed by atoms with Crippen molar-refractivity contribution in [3.05, 3.63) is 29.6 Å². The number of hydrogen-bond donors (Lipinski definition) is 1. The maximum absolute atomic E-state index is 13.9. The lowest BCUT2D eigenvalue weighted by atomic mass is 9.85. The van der Waals surface area contributed by atoms with Gasteiger partial charge in [-0.2, -0.15) is 0 Å². The highest BCUT2D eigenvalue weighted by atomic mass is 19.1. The van der Waals surface area contributed by atoms with Crippen LogP contribution in [0.2, 0.25) is 0 Å². The molecule has 1 amide bonds. The lowest BCUT2D eigenvalue weighted by Crippen LogP contribution is -2.49. The Hall–Kier alpha value is -1.66. The Morgan fingerprint density at radius 3 is 2.79 bits per heavy atom. The van der Waals surface area contributed by atoms with E-state index in [1.807, 2.05) is 11.0 Å². The number of nitrogens with zero attached hydrogens (tertiary/aromatic N) is 1. The quantitative estimate of drug-likeness (QED) is 0.775. The van der Waals surface area contributed by atoms with Crippen LogP contribution in [0.15, 0.2) is 18.2 Å². The van der Waals surface area contributed by atoms with Crippen LogP contribution in [0.5, 0.6) is 5.75 Å². The molecule has 0 spiro atoms. The molecule has 2 N–H and O–H groups in total. The van der Waals surface area contributed by atoms with Gasteiger partial charge < -0.3 is 20.1 Å². The summed E-state index contributed by atoms with van der Waals surface area (Å²) in [6.07, 6.45) is 2.98. The first-order valence-electron chi connectivity index (χ1n) is 8.42. The van der Waals surface area contributed by atoms with E-state index in [9.17, 15) is 9.18 Å². The molecule has 134 valence electrons. The minimum Gasteiger partial charge on any atom is -0.494 e. The van der Waals surface area contributed by atoms with Gasteiger partial charge in [0.1, 0.15) is 0 Å². The first-order valence-corrected chi connectivity index (χ1v) is 8.42. The number of nitrogens with two attached hydrogens (primary N) is 1. The number of carbonyl (C=O) groups is 1. The minimum absolute atomic E-state index is 0.0583. The zero-order valence-corrected chi connectivity index (χ0v) is 14.5. The summed E-state index contributed by atoms with van der Waals surface area (Å²) in [5, 5.41) is 0. The molecule has 0 saturated carbocycles. The van der Waals surface area contributed by atoms with Crippen molar-refractivity contribution in [3.8, 4) is 5.75 Å². The molecule has 6 heteroatoms. The fraction of sp³-hybridized carbons (Fsp3) is 0.611. The summed E-state index contributed by atoms with van der Waals surface area (Å²) in [6.45, 7) is 1.86. The number of rotatable bonds is 7. The fourth-order valence-electron chi connectivity index (χ4n) is 3.22. The second-order valence-corrected chi connectivity index (χ2v) is 6.24. The first kappa shape index (κ1) is 18.7. The van der Waals surface area contributed by atoms with Crippen LogP contribution in [0.4, 0.5) is 4.39 Å². The number of ether oxygens (including phenoxy) is 2. The Morgan fingerprint density at radius 1 is 1.38 bits per heavy atom. The number of carbonyl (C=O) groups excluding carboxylic acids is 1. The topological polar surface area (TPSA) is 64.8 Å². The zero-order valence-electron chi connectivity index (χ0n) is 14.5. The molecule has 1 heterocycles. The summed E-state index contributed by atoms with van der Waals surface area (Å²) in [4.78, 5) is 14.1. The van der Waals surface area contributed by atoms with Gasteiger partial charge in [0.2, 0.25) is 5.91 Å². The van der Waals surface area contributed by atoms with E-state index >= 15 is 0 Å². The van der Waals surface area contributed by atoms with Crippen molar-refractivity contribution >= 4 is 5.91 Å². The van der Waals surface area contributed by atoms with Crippen LogP contribution in [0.3, 0.4) is 0 Å². The number of unbranched alkanes of at least 4 members (excludes halogenated alkanes) is 1. The van der Waals surface area contributed by atoms with Crippen molar-refractivity contribution in [1.29, 1.82) is 0 Å². The predicted octanol–water partition coefficient (Wildman–Crippen LogP) is 2.29. The first-order chi connectivity index (χ1) is 11.6. The highest BCUT2D eigenvalue weighted by Crippen LogP contribution is 2.30. The molecule has 1 aromatic carbocycles. The van der Waals surface area contributed by atoms with E-state index in [2.05, 4.69) is 0 Å². The Morgan fingerprint density at radius 2 is 2.17 bits per heavy atom. The smallest absolute Gasteiger partial charge is 0.222 e. The fourth-order valence-corrected chi connectivity index (χ4v) is 3.22. The normalized spacial score (nSPS) is 20.9. The standard InChI is InChI=1S/C18H27FN2O3/c1-23-10-4-3-5-18(22)21-9-8-14(16(20)12-21)13-6-7-17(24-2)15(19)11-13/h6-7,11,14,16H,3-5,8-10,12,20H2,1-2H3/t14-,16-/m0/s1. The number of piperidine rings is 1. The molecule has 0 bridgehead atoms. The van der Waals surface area contributed by atoms with E-state index in [1.54, 1.807) is 13.2 Å². The van der Waals surface area contributed by atoms with Gasteiger partial charge in [0.15, 0.2) is 11.6 Å².